The lowest BCUT2D eigenvalue weighted by Gasteiger charge is -2.15. The van der Waals surface area contributed by atoms with Crippen molar-refractivity contribution in [2.45, 2.75) is 37.9 Å². The van der Waals surface area contributed by atoms with E-state index in [1.54, 1.807) is 13.8 Å². The van der Waals surface area contributed by atoms with Crippen LogP contribution in [0.15, 0.2) is 53.6 Å². The summed E-state index contributed by atoms with van der Waals surface area (Å²) < 4.78 is 38.5. The number of carbonyl (C=O) groups is 1. The Hall–Kier alpha value is -2.75. The Morgan fingerprint density at radius 3 is 2.31 bits per heavy atom. The molecule has 0 fully saturated rings. The molecular formula is C21H21Cl2N3O5S. The lowest BCUT2D eigenvalue weighted by molar-refractivity contribution is 0.145. The minimum atomic E-state index is -4.38. The van der Waals surface area contributed by atoms with Gasteiger partial charge in [0.05, 0.1) is 12.2 Å². The van der Waals surface area contributed by atoms with Crippen molar-refractivity contribution in [2.75, 3.05) is 0 Å². The minimum Gasteiger partial charge on any atom is -0.442 e. The van der Waals surface area contributed by atoms with Gasteiger partial charge in [0.25, 0.3) is 0 Å². The maximum Gasteiger partial charge on any atom is 0.404 e. The second-order valence-corrected chi connectivity index (χ2v) is 9.53. The van der Waals surface area contributed by atoms with Gasteiger partial charge in [-0.05, 0) is 17.5 Å². The van der Waals surface area contributed by atoms with Crippen LogP contribution in [0.1, 0.15) is 36.8 Å². The third-order valence-electron chi connectivity index (χ3n) is 4.38. The van der Waals surface area contributed by atoms with Crippen LogP contribution in [0, 0.1) is 0 Å². The highest BCUT2D eigenvalue weighted by molar-refractivity contribution is 7.87. The molecule has 0 radical (unpaired) electrons. The normalized spacial score (nSPS) is 11.5. The first-order chi connectivity index (χ1) is 15.1. The molecule has 3 rings (SSSR count). The van der Waals surface area contributed by atoms with Crippen LogP contribution in [0.3, 0.4) is 0 Å². The number of imidazole rings is 1. The van der Waals surface area contributed by atoms with Crippen molar-refractivity contribution in [1.82, 2.24) is 9.55 Å². The standard InChI is InChI=1S/C21H21Cl2N3O5S/c1-13(2)19-20(32(28,29)31-17-9-15(22)8-16(23)10-17)26(11-14-6-4-3-5-7-14)18(25-19)12-30-21(24)27/h3-10,13H,11-12H2,1-2H3,(H2,24,27). The number of carbonyl (C=O) groups excluding carboxylic acids is 1. The molecule has 11 heteroatoms. The van der Waals surface area contributed by atoms with Gasteiger partial charge in [-0.15, -0.1) is 0 Å². The predicted octanol–water partition coefficient (Wildman–Crippen LogP) is 4.72. The molecule has 170 valence electrons. The summed E-state index contributed by atoms with van der Waals surface area (Å²) in [7, 11) is -4.38. The van der Waals surface area contributed by atoms with Gasteiger partial charge in [-0.1, -0.05) is 67.4 Å². The first-order valence-corrected chi connectivity index (χ1v) is 11.7. The molecule has 2 N–H and O–H groups in total. The van der Waals surface area contributed by atoms with Crippen molar-refractivity contribution < 1.29 is 22.1 Å². The third kappa shape index (κ3) is 5.73. The molecule has 0 saturated carbocycles. The zero-order valence-corrected chi connectivity index (χ0v) is 19.6. The van der Waals surface area contributed by atoms with Crippen LogP contribution in [0.2, 0.25) is 10.0 Å². The molecule has 8 nitrogen and oxygen atoms in total. The van der Waals surface area contributed by atoms with Gasteiger partial charge >= 0.3 is 16.2 Å². The SMILES string of the molecule is CC(C)c1nc(COC(N)=O)n(Cc2ccccc2)c1S(=O)(=O)Oc1cc(Cl)cc(Cl)c1. The van der Waals surface area contributed by atoms with E-state index < -0.39 is 16.2 Å². The summed E-state index contributed by atoms with van der Waals surface area (Å²) in [5.41, 5.74) is 6.17. The summed E-state index contributed by atoms with van der Waals surface area (Å²) >= 11 is 12.0. The van der Waals surface area contributed by atoms with E-state index in [1.807, 2.05) is 30.3 Å². The monoisotopic (exact) mass is 497 g/mol. The Balaban J connectivity index is 2.15. The largest absolute Gasteiger partial charge is 0.442 e. The van der Waals surface area contributed by atoms with Crippen molar-refractivity contribution in [3.8, 4) is 5.75 Å². The highest BCUT2D eigenvalue weighted by atomic mass is 35.5. The summed E-state index contributed by atoms with van der Waals surface area (Å²) in [5.74, 6) is -0.113. The number of benzene rings is 2. The number of hydrogen-bond acceptors (Lipinski definition) is 6. The van der Waals surface area contributed by atoms with E-state index in [2.05, 4.69) is 4.98 Å². The Morgan fingerprint density at radius 1 is 1.12 bits per heavy atom. The van der Waals surface area contributed by atoms with Gasteiger partial charge in [0.1, 0.15) is 11.6 Å². The Labute approximate surface area is 196 Å². The zero-order valence-electron chi connectivity index (χ0n) is 17.3. The fourth-order valence-electron chi connectivity index (χ4n) is 3.06. The van der Waals surface area contributed by atoms with Crippen LogP contribution in [-0.4, -0.2) is 24.1 Å². The zero-order chi connectivity index (χ0) is 23.5. The lowest BCUT2D eigenvalue weighted by Crippen LogP contribution is -2.20. The highest BCUT2D eigenvalue weighted by Gasteiger charge is 2.32. The van der Waals surface area contributed by atoms with E-state index in [9.17, 15) is 13.2 Å². The molecule has 3 aromatic rings. The van der Waals surface area contributed by atoms with Gasteiger partial charge < -0.3 is 19.2 Å². The van der Waals surface area contributed by atoms with Crippen LogP contribution in [-0.2, 0) is 28.0 Å². The van der Waals surface area contributed by atoms with Crippen molar-refractivity contribution in [3.05, 3.63) is 75.7 Å². The van der Waals surface area contributed by atoms with Crippen molar-refractivity contribution >= 4 is 39.4 Å². The summed E-state index contributed by atoms with van der Waals surface area (Å²) in [6, 6.07) is 13.3. The lowest BCUT2D eigenvalue weighted by atomic mass is 10.1. The smallest absolute Gasteiger partial charge is 0.404 e. The second-order valence-electron chi connectivity index (χ2n) is 7.20. The number of rotatable bonds is 8. The maximum absolute atomic E-state index is 13.4. The molecule has 0 saturated heterocycles. The van der Waals surface area contributed by atoms with E-state index in [0.29, 0.717) is 0 Å². The summed E-state index contributed by atoms with van der Waals surface area (Å²) in [6.07, 6.45) is -1.00. The van der Waals surface area contributed by atoms with Crippen LogP contribution in [0.4, 0.5) is 4.79 Å². The van der Waals surface area contributed by atoms with Crippen LogP contribution >= 0.6 is 23.2 Å². The molecule has 0 aliphatic rings. The van der Waals surface area contributed by atoms with Crippen LogP contribution in [0.25, 0.3) is 0 Å². The molecule has 1 aromatic heterocycles. The molecule has 0 spiro atoms. The average molecular weight is 498 g/mol. The second kappa shape index (κ2) is 9.81. The number of amides is 1. The highest BCUT2D eigenvalue weighted by Crippen LogP contribution is 2.31. The number of hydrogen-bond donors (Lipinski definition) is 1. The summed E-state index contributed by atoms with van der Waals surface area (Å²) in [5, 5.41) is 0.288. The number of nitrogens with zero attached hydrogens (tertiary/aromatic N) is 2. The van der Waals surface area contributed by atoms with E-state index in [4.69, 9.17) is 37.9 Å². The Bertz CT molecular complexity index is 1210. The summed E-state index contributed by atoms with van der Waals surface area (Å²) in [6.45, 7) is 3.43. The van der Waals surface area contributed by atoms with Crippen LogP contribution < -0.4 is 9.92 Å². The quantitative estimate of drug-likeness (QED) is 0.450. The number of primary amides is 1. The van der Waals surface area contributed by atoms with E-state index >= 15 is 0 Å². The number of nitrogens with two attached hydrogens (primary N) is 1. The van der Waals surface area contributed by atoms with Gasteiger partial charge in [0.15, 0.2) is 11.6 Å². The molecular weight excluding hydrogens is 477 g/mol. The molecule has 0 bridgehead atoms. The van der Waals surface area contributed by atoms with Crippen molar-refractivity contribution in [3.63, 3.8) is 0 Å². The topological polar surface area (TPSA) is 114 Å². The first kappa shape index (κ1) is 23.9. The molecule has 1 amide bonds. The fourth-order valence-corrected chi connectivity index (χ4v) is 4.97. The molecule has 2 aromatic carbocycles. The van der Waals surface area contributed by atoms with Gasteiger partial charge in [-0.25, -0.2) is 9.78 Å². The van der Waals surface area contributed by atoms with Crippen molar-refractivity contribution in [2.24, 2.45) is 5.73 Å². The first-order valence-electron chi connectivity index (χ1n) is 9.53. The van der Waals surface area contributed by atoms with E-state index in [0.717, 1.165) is 5.56 Å². The van der Waals surface area contributed by atoms with Crippen molar-refractivity contribution in [1.29, 1.82) is 0 Å². The van der Waals surface area contributed by atoms with E-state index in [1.165, 1.54) is 22.8 Å². The molecule has 32 heavy (non-hydrogen) atoms. The summed E-state index contributed by atoms with van der Waals surface area (Å²) in [4.78, 5) is 15.6. The number of ether oxygens (including phenoxy) is 1. The maximum atomic E-state index is 13.4. The molecule has 0 aliphatic heterocycles. The molecule has 1 heterocycles. The van der Waals surface area contributed by atoms with Crippen LogP contribution in [0.5, 0.6) is 5.75 Å². The van der Waals surface area contributed by atoms with Gasteiger partial charge in [-0.3, -0.25) is 0 Å². The van der Waals surface area contributed by atoms with Gasteiger partial charge in [0, 0.05) is 22.2 Å². The predicted molar refractivity (Wildman–Crippen MR) is 121 cm³/mol. The number of aromatic nitrogens is 2. The fraction of sp³-hybridized carbons (Fsp3) is 0.238. The Kier molecular flexibility index (Phi) is 7.33. The van der Waals surface area contributed by atoms with E-state index in [-0.39, 0.29) is 51.4 Å². The Morgan fingerprint density at radius 2 is 1.75 bits per heavy atom. The van der Waals surface area contributed by atoms with Gasteiger partial charge in [0.2, 0.25) is 0 Å². The average Bonchev–Trinajstić information content (AvgIpc) is 3.05. The third-order valence-corrected chi connectivity index (χ3v) is 6.13. The molecule has 0 aliphatic carbocycles. The minimum absolute atomic E-state index is 0.0420. The number of halogens is 2. The van der Waals surface area contributed by atoms with Gasteiger partial charge in [-0.2, -0.15) is 8.42 Å². The molecule has 0 unspecified atom stereocenters. The molecule has 0 atom stereocenters.